The van der Waals surface area contributed by atoms with Gasteiger partial charge in [0.15, 0.2) is 6.61 Å². The predicted octanol–water partition coefficient (Wildman–Crippen LogP) is 2.46. The van der Waals surface area contributed by atoms with Crippen LogP contribution in [0.2, 0.25) is 0 Å². The van der Waals surface area contributed by atoms with Crippen LogP contribution in [-0.4, -0.2) is 12.5 Å². The van der Waals surface area contributed by atoms with Gasteiger partial charge < -0.3 is 15.8 Å². The number of carbonyl (C=O) groups excluding carboxylic acids is 1. The Morgan fingerprint density at radius 3 is 2.70 bits per heavy atom. The van der Waals surface area contributed by atoms with E-state index in [1.54, 1.807) is 11.3 Å². The number of hydrogen-bond donors (Lipinski definition) is 2. The van der Waals surface area contributed by atoms with Crippen LogP contribution in [0.15, 0.2) is 41.1 Å². The summed E-state index contributed by atoms with van der Waals surface area (Å²) in [6.07, 6.45) is 0. The summed E-state index contributed by atoms with van der Waals surface area (Å²) in [4.78, 5) is 10.6. The van der Waals surface area contributed by atoms with Gasteiger partial charge in [-0.1, -0.05) is 12.1 Å². The van der Waals surface area contributed by atoms with Gasteiger partial charge in [0.2, 0.25) is 0 Å². The van der Waals surface area contributed by atoms with E-state index >= 15 is 0 Å². The fourth-order valence-electron chi connectivity index (χ4n) is 1.77. The molecular weight excluding hydrogens is 272 g/mol. The summed E-state index contributed by atoms with van der Waals surface area (Å²) in [7, 11) is 0. The van der Waals surface area contributed by atoms with Gasteiger partial charge in [-0.15, -0.1) is 0 Å². The number of ether oxygens (including phenoxy) is 1. The van der Waals surface area contributed by atoms with E-state index in [1.807, 2.05) is 24.3 Å². The van der Waals surface area contributed by atoms with Gasteiger partial charge in [-0.2, -0.15) is 11.3 Å². The largest absolute Gasteiger partial charge is 0.484 e. The van der Waals surface area contributed by atoms with Crippen molar-refractivity contribution in [3.8, 4) is 5.75 Å². The van der Waals surface area contributed by atoms with Crippen molar-refractivity contribution in [3.63, 3.8) is 0 Å². The van der Waals surface area contributed by atoms with Crippen molar-refractivity contribution in [1.82, 2.24) is 5.32 Å². The van der Waals surface area contributed by atoms with E-state index in [9.17, 15) is 4.79 Å². The molecule has 3 N–H and O–H groups in total. The van der Waals surface area contributed by atoms with E-state index in [-0.39, 0.29) is 6.61 Å². The maximum absolute atomic E-state index is 10.6. The monoisotopic (exact) mass is 290 g/mol. The summed E-state index contributed by atoms with van der Waals surface area (Å²) in [6, 6.07) is 10.1. The van der Waals surface area contributed by atoms with Crippen LogP contribution < -0.4 is 15.8 Å². The van der Waals surface area contributed by atoms with Gasteiger partial charge in [0, 0.05) is 12.6 Å². The molecule has 1 heterocycles. The van der Waals surface area contributed by atoms with Gasteiger partial charge in [0.05, 0.1) is 0 Å². The fourth-order valence-corrected chi connectivity index (χ4v) is 2.52. The Bertz CT molecular complexity index is 538. The lowest BCUT2D eigenvalue weighted by atomic mass is 10.1. The Labute approximate surface area is 122 Å². The highest BCUT2D eigenvalue weighted by atomic mass is 32.1. The predicted molar refractivity (Wildman–Crippen MR) is 80.7 cm³/mol. The van der Waals surface area contributed by atoms with Gasteiger partial charge >= 0.3 is 0 Å². The van der Waals surface area contributed by atoms with Crippen molar-refractivity contribution in [2.75, 3.05) is 6.61 Å². The molecule has 1 amide bonds. The minimum Gasteiger partial charge on any atom is -0.484 e. The Kier molecular flexibility index (Phi) is 5.15. The minimum absolute atomic E-state index is 0.0905. The molecule has 20 heavy (non-hydrogen) atoms. The van der Waals surface area contributed by atoms with Crippen LogP contribution in [0.5, 0.6) is 5.75 Å². The SMILES string of the molecule is CC(NCc1ccc(OCC(N)=O)cc1)c1ccsc1. The molecule has 0 bridgehead atoms. The third-order valence-electron chi connectivity index (χ3n) is 2.96. The molecule has 5 heteroatoms. The second-order valence-corrected chi connectivity index (χ2v) is 5.34. The lowest BCUT2D eigenvalue weighted by Gasteiger charge is -2.12. The zero-order chi connectivity index (χ0) is 14.4. The number of thiophene rings is 1. The van der Waals surface area contributed by atoms with Crippen LogP contribution in [0.1, 0.15) is 24.1 Å². The third kappa shape index (κ3) is 4.36. The van der Waals surface area contributed by atoms with Crippen LogP contribution in [0.3, 0.4) is 0 Å². The van der Waals surface area contributed by atoms with E-state index in [2.05, 4.69) is 29.1 Å². The van der Waals surface area contributed by atoms with E-state index in [1.165, 1.54) is 11.1 Å². The number of primary amides is 1. The Morgan fingerprint density at radius 2 is 2.10 bits per heavy atom. The van der Waals surface area contributed by atoms with Crippen LogP contribution >= 0.6 is 11.3 Å². The molecule has 1 aromatic heterocycles. The molecule has 0 aliphatic rings. The standard InChI is InChI=1S/C15H18N2O2S/c1-11(13-6-7-20-10-13)17-8-12-2-4-14(5-3-12)19-9-15(16)18/h2-7,10-11,17H,8-9H2,1H3,(H2,16,18). The average molecular weight is 290 g/mol. The quantitative estimate of drug-likeness (QED) is 0.823. The highest BCUT2D eigenvalue weighted by Gasteiger charge is 2.05. The number of carbonyl (C=O) groups is 1. The van der Waals surface area contributed by atoms with E-state index < -0.39 is 5.91 Å². The zero-order valence-corrected chi connectivity index (χ0v) is 12.2. The van der Waals surface area contributed by atoms with E-state index in [0.29, 0.717) is 11.8 Å². The van der Waals surface area contributed by atoms with Gasteiger partial charge in [-0.05, 0) is 47.0 Å². The maximum atomic E-state index is 10.6. The second-order valence-electron chi connectivity index (χ2n) is 4.56. The van der Waals surface area contributed by atoms with Crippen molar-refractivity contribution in [1.29, 1.82) is 0 Å². The Morgan fingerprint density at radius 1 is 1.35 bits per heavy atom. The lowest BCUT2D eigenvalue weighted by Crippen LogP contribution is -2.20. The molecule has 0 aliphatic carbocycles. The molecule has 1 aromatic carbocycles. The van der Waals surface area contributed by atoms with Gasteiger partial charge in [-0.3, -0.25) is 4.79 Å². The maximum Gasteiger partial charge on any atom is 0.255 e. The van der Waals surface area contributed by atoms with Gasteiger partial charge in [-0.25, -0.2) is 0 Å². The Balaban J connectivity index is 1.83. The average Bonchev–Trinajstić information content (AvgIpc) is 2.98. The molecule has 1 atom stereocenters. The van der Waals surface area contributed by atoms with Crippen LogP contribution in [0, 0.1) is 0 Å². The molecule has 0 radical (unpaired) electrons. The molecule has 4 nitrogen and oxygen atoms in total. The van der Waals surface area contributed by atoms with E-state index in [4.69, 9.17) is 10.5 Å². The number of rotatable bonds is 7. The summed E-state index contributed by atoms with van der Waals surface area (Å²) in [5.74, 6) is 0.179. The third-order valence-corrected chi connectivity index (χ3v) is 3.66. The van der Waals surface area contributed by atoms with Gasteiger partial charge in [0.25, 0.3) is 5.91 Å². The van der Waals surface area contributed by atoms with Crippen LogP contribution in [0.25, 0.3) is 0 Å². The minimum atomic E-state index is -0.472. The van der Waals surface area contributed by atoms with E-state index in [0.717, 1.165) is 6.54 Å². The first-order valence-electron chi connectivity index (χ1n) is 6.40. The normalized spacial score (nSPS) is 12.1. The molecule has 2 aromatic rings. The number of nitrogens with two attached hydrogens (primary N) is 1. The van der Waals surface area contributed by atoms with Crippen LogP contribution in [0.4, 0.5) is 0 Å². The summed E-state index contributed by atoms with van der Waals surface area (Å²) >= 11 is 1.71. The summed E-state index contributed by atoms with van der Waals surface area (Å²) < 4.78 is 5.21. The summed E-state index contributed by atoms with van der Waals surface area (Å²) in [6.45, 7) is 2.84. The highest BCUT2D eigenvalue weighted by molar-refractivity contribution is 7.07. The Hall–Kier alpha value is -1.85. The lowest BCUT2D eigenvalue weighted by molar-refractivity contribution is -0.119. The molecule has 2 rings (SSSR count). The molecule has 0 saturated carbocycles. The number of amides is 1. The molecule has 1 unspecified atom stereocenters. The second kappa shape index (κ2) is 7.07. The van der Waals surface area contributed by atoms with Crippen molar-refractivity contribution < 1.29 is 9.53 Å². The number of hydrogen-bond acceptors (Lipinski definition) is 4. The first kappa shape index (κ1) is 14.6. The molecule has 0 spiro atoms. The smallest absolute Gasteiger partial charge is 0.255 e. The number of nitrogens with one attached hydrogen (secondary N) is 1. The topological polar surface area (TPSA) is 64.3 Å². The zero-order valence-electron chi connectivity index (χ0n) is 11.3. The van der Waals surface area contributed by atoms with Crippen molar-refractivity contribution in [3.05, 3.63) is 52.2 Å². The number of benzene rings is 1. The van der Waals surface area contributed by atoms with Crippen LogP contribution in [-0.2, 0) is 11.3 Å². The first-order chi connectivity index (χ1) is 9.65. The molecular formula is C15H18N2O2S. The van der Waals surface area contributed by atoms with Crippen molar-refractivity contribution in [2.24, 2.45) is 5.73 Å². The van der Waals surface area contributed by atoms with Crippen molar-refractivity contribution >= 4 is 17.2 Å². The van der Waals surface area contributed by atoms with Crippen molar-refractivity contribution in [2.45, 2.75) is 19.5 Å². The molecule has 106 valence electrons. The summed E-state index contributed by atoms with van der Waals surface area (Å²) in [5.41, 5.74) is 7.49. The summed E-state index contributed by atoms with van der Waals surface area (Å²) in [5, 5.41) is 7.70. The first-order valence-corrected chi connectivity index (χ1v) is 7.35. The molecule has 0 saturated heterocycles. The molecule has 0 fully saturated rings. The highest BCUT2D eigenvalue weighted by Crippen LogP contribution is 2.17. The fraction of sp³-hybridized carbons (Fsp3) is 0.267. The molecule has 0 aliphatic heterocycles. The van der Waals surface area contributed by atoms with Gasteiger partial charge in [0.1, 0.15) is 5.75 Å².